The zero-order chi connectivity index (χ0) is 24.6. The average Bonchev–Trinajstić information content (AvgIpc) is 2.73. The Kier molecular flexibility index (Phi) is 10.1. The molecule has 2 atom stereocenters. The van der Waals surface area contributed by atoms with E-state index in [2.05, 4.69) is 17.0 Å². The van der Waals surface area contributed by atoms with Crippen LogP contribution in [0.2, 0.25) is 0 Å². The Morgan fingerprint density at radius 3 is 2.36 bits per heavy atom. The van der Waals surface area contributed by atoms with Gasteiger partial charge in [-0.2, -0.15) is 0 Å². The van der Waals surface area contributed by atoms with Gasteiger partial charge in [0.2, 0.25) is 5.91 Å². The standard InChI is InChI=1S/C24H39N2O6P/c1-6-19(2)32-33(29,30)17-16-26(23(28)31-24(3,4)5)22(27)21-12-14-25(15-13-21)18-20-10-8-7-9-11-20/h7-11,19,21H,6,12-18H2,1-5H3,(H,29,30). The third-order valence-electron chi connectivity index (χ3n) is 5.59. The molecule has 2 unspecified atom stereocenters. The van der Waals surface area contributed by atoms with E-state index in [9.17, 15) is 19.0 Å². The maximum absolute atomic E-state index is 13.3. The summed E-state index contributed by atoms with van der Waals surface area (Å²) >= 11 is 0. The monoisotopic (exact) mass is 482 g/mol. The normalized spacial score (nSPS) is 18.4. The van der Waals surface area contributed by atoms with Crippen LogP contribution in [0.5, 0.6) is 0 Å². The van der Waals surface area contributed by atoms with E-state index in [1.54, 1.807) is 27.7 Å². The quantitative estimate of drug-likeness (QED) is 0.511. The Balaban J connectivity index is 2.02. The number of carbonyl (C=O) groups is 2. The van der Waals surface area contributed by atoms with E-state index >= 15 is 0 Å². The van der Waals surface area contributed by atoms with Gasteiger partial charge in [0.25, 0.3) is 0 Å². The van der Waals surface area contributed by atoms with Crippen molar-refractivity contribution < 1.29 is 28.3 Å². The van der Waals surface area contributed by atoms with Crippen LogP contribution in [0.4, 0.5) is 4.79 Å². The minimum absolute atomic E-state index is 0.220. The van der Waals surface area contributed by atoms with Crippen LogP contribution in [0, 0.1) is 5.92 Å². The fourth-order valence-electron chi connectivity index (χ4n) is 3.64. The van der Waals surface area contributed by atoms with E-state index in [1.807, 2.05) is 25.1 Å². The number of likely N-dealkylation sites (tertiary alicyclic amines) is 1. The van der Waals surface area contributed by atoms with Crippen LogP contribution in [-0.2, 0) is 25.2 Å². The molecule has 1 heterocycles. The van der Waals surface area contributed by atoms with Gasteiger partial charge in [0, 0.05) is 19.0 Å². The van der Waals surface area contributed by atoms with Crippen LogP contribution >= 0.6 is 7.60 Å². The molecule has 0 spiro atoms. The molecule has 1 aromatic rings. The van der Waals surface area contributed by atoms with Gasteiger partial charge in [-0.05, 0) is 65.6 Å². The second-order valence-corrected chi connectivity index (χ2v) is 11.6. The second kappa shape index (κ2) is 12.1. The molecule has 0 radical (unpaired) electrons. The van der Waals surface area contributed by atoms with Crippen molar-refractivity contribution in [2.75, 3.05) is 25.8 Å². The maximum Gasteiger partial charge on any atom is 0.417 e. The Morgan fingerprint density at radius 2 is 1.82 bits per heavy atom. The van der Waals surface area contributed by atoms with E-state index in [-0.39, 0.29) is 30.6 Å². The number of rotatable bonds is 9. The molecular formula is C24H39N2O6P. The number of nitrogens with zero attached hydrogens (tertiary/aromatic N) is 2. The first-order chi connectivity index (χ1) is 15.4. The van der Waals surface area contributed by atoms with Crippen molar-refractivity contribution >= 4 is 19.6 Å². The molecule has 9 heteroatoms. The van der Waals surface area contributed by atoms with Gasteiger partial charge in [0.15, 0.2) is 0 Å². The highest BCUT2D eigenvalue weighted by Gasteiger charge is 2.35. The molecule has 1 saturated heterocycles. The van der Waals surface area contributed by atoms with Crippen LogP contribution in [0.1, 0.15) is 59.4 Å². The van der Waals surface area contributed by atoms with Gasteiger partial charge in [0.1, 0.15) is 5.60 Å². The van der Waals surface area contributed by atoms with Crippen molar-refractivity contribution in [3.8, 4) is 0 Å². The number of ether oxygens (including phenoxy) is 1. The second-order valence-electron chi connectivity index (χ2n) is 9.69. The molecule has 186 valence electrons. The Bertz CT molecular complexity index is 818. The first kappa shape index (κ1) is 27.5. The van der Waals surface area contributed by atoms with Gasteiger partial charge in [-0.25, -0.2) is 9.69 Å². The third kappa shape index (κ3) is 9.57. The number of benzene rings is 1. The number of imide groups is 1. The summed E-state index contributed by atoms with van der Waals surface area (Å²) in [4.78, 5) is 39.5. The molecule has 0 aliphatic carbocycles. The molecule has 2 amide bonds. The smallest absolute Gasteiger partial charge is 0.417 e. The number of amides is 2. The molecular weight excluding hydrogens is 443 g/mol. The highest BCUT2D eigenvalue weighted by Crippen LogP contribution is 2.43. The molecule has 2 rings (SSSR count). The van der Waals surface area contributed by atoms with E-state index in [4.69, 9.17) is 9.26 Å². The number of hydrogen-bond donors (Lipinski definition) is 1. The van der Waals surface area contributed by atoms with Crippen molar-refractivity contribution in [1.29, 1.82) is 0 Å². The highest BCUT2D eigenvalue weighted by atomic mass is 31.2. The molecule has 1 aliphatic heterocycles. The fourth-order valence-corrected chi connectivity index (χ4v) is 4.91. The SMILES string of the molecule is CCC(C)OP(=O)(O)CCN(C(=O)OC(C)(C)C)C(=O)C1CCN(Cc2ccccc2)CC1. The molecule has 0 saturated carbocycles. The molecule has 0 aromatic heterocycles. The lowest BCUT2D eigenvalue weighted by Crippen LogP contribution is -2.47. The topological polar surface area (TPSA) is 96.4 Å². The lowest BCUT2D eigenvalue weighted by Gasteiger charge is -2.34. The number of carbonyl (C=O) groups excluding carboxylic acids is 2. The van der Waals surface area contributed by atoms with Gasteiger partial charge in [0.05, 0.1) is 12.3 Å². The first-order valence-electron chi connectivity index (χ1n) is 11.7. The van der Waals surface area contributed by atoms with E-state index in [0.717, 1.165) is 24.5 Å². The number of piperidine rings is 1. The summed E-state index contributed by atoms with van der Waals surface area (Å²) in [5.41, 5.74) is 0.433. The molecule has 0 bridgehead atoms. The summed E-state index contributed by atoms with van der Waals surface area (Å²) in [6, 6.07) is 10.2. The van der Waals surface area contributed by atoms with Gasteiger partial charge in [-0.15, -0.1) is 0 Å². The summed E-state index contributed by atoms with van der Waals surface area (Å²) < 4.78 is 23.1. The molecule has 1 fully saturated rings. The van der Waals surface area contributed by atoms with Crippen LogP contribution in [-0.4, -0.2) is 64.2 Å². The largest absolute Gasteiger partial charge is 0.443 e. The fraction of sp³-hybridized carbons (Fsp3) is 0.667. The molecule has 1 aliphatic rings. The summed E-state index contributed by atoms with van der Waals surface area (Å²) in [6.07, 6.45) is 0.315. The lowest BCUT2D eigenvalue weighted by molar-refractivity contribution is -0.135. The zero-order valence-corrected chi connectivity index (χ0v) is 21.4. The van der Waals surface area contributed by atoms with Crippen molar-refractivity contribution in [2.24, 2.45) is 5.92 Å². The molecule has 1 N–H and O–H groups in total. The first-order valence-corrected chi connectivity index (χ1v) is 13.5. The van der Waals surface area contributed by atoms with Crippen molar-refractivity contribution in [2.45, 2.75) is 72.1 Å². The Hall–Kier alpha value is -1.73. The van der Waals surface area contributed by atoms with E-state index < -0.39 is 19.3 Å². The van der Waals surface area contributed by atoms with Gasteiger partial charge >= 0.3 is 13.7 Å². The number of hydrogen-bond acceptors (Lipinski definition) is 6. The third-order valence-corrected chi connectivity index (χ3v) is 7.05. The van der Waals surface area contributed by atoms with E-state index in [0.29, 0.717) is 19.3 Å². The zero-order valence-electron chi connectivity index (χ0n) is 20.5. The predicted molar refractivity (Wildman–Crippen MR) is 128 cm³/mol. The highest BCUT2D eigenvalue weighted by molar-refractivity contribution is 7.52. The van der Waals surface area contributed by atoms with Crippen molar-refractivity contribution in [1.82, 2.24) is 9.80 Å². The van der Waals surface area contributed by atoms with Crippen LogP contribution in [0.25, 0.3) is 0 Å². The van der Waals surface area contributed by atoms with Crippen LogP contribution < -0.4 is 0 Å². The van der Waals surface area contributed by atoms with Gasteiger partial charge in [-0.3, -0.25) is 14.3 Å². The minimum atomic E-state index is -3.95. The Labute approximate surface area is 197 Å². The Morgan fingerprint density at radius 1 is 1.21 bits per heavy atom. The minimum Gasteiger partial charge on any atom is -0.443 e. The maximum atomic E-state index is 13.3. The predicted octanol–water partition coefficient (Wildman–Crippen LogP) is 4.66. The molecule has 33 heavy (non-hydrogen) atoms. The van der Waals surface area contributed by atoms with Gasteiger partial charge < -0.3 is 14.2 Å². The summed E-state index contributed by atoms with van der Waals surface area (Å²) in [7, 11) is -3.95. The van der Waals surface area contributed by atoms with Gasteiger partial charge in [-0.1, -0.05) is 37.3 Å². The van der Waals surface area contributed by atoms with Crippen molar-refractivity contribution in [3.63, 3.8) is 0 Å². The molecule has 1 aromatic carbocycles. The summed E-state index contributed by atoms with van der Waals surface area (Å²) in [5.74, 6) is -0.690. The summed E-state index contributed by atoms with van der Waals surface area (Å²) in [6.45, 7) is 10.8. The lowest BCUT2D eigenvalue weighted by atomic mass is 9.95. The van der Waals surface area contributed by atoms with Crippen molar-refractivity contribution in [3.05, 3.63) is 35.9 Å². The molecule has 8 nitrogen and oxygen atoms in total. The average molecular weight is 483 g/mol. The van der Waals surface area contributed by atoms with E-state index in [1.165, 1.54) is 5.56 Å². The summed E-state index contributed by atoms with van der Waals surface area (Å²) in [5, 5.41) is 0. The van der Waals surface area contributed by atoms with Crippen LogP contribution in [0.15, 0.2) is 30.3 Å². The van der Waals surface area contributed by atoms with Crippen LogP contribution in [0.3, 0.4) is 0 Å².